The Hall–Kier alpha value is -2.87. The van der Waals surface area contributed by atoms with Crippen molar-refractivity contribution in [3.63, 3.8) is 0 Å². The normalized spacial score (nSPS) is 18.3. The van der Waals surface area contributed by atoms with Gasteiger partial charge in [0.15, 0.2) is 0 Å². The van der Waals surface area contributed by atoms with Gasteiger partial charge in [-0.05, 0) is 18.6 Å². The molecule has 8 heteroatoms. The number of nitrogens with two attached hydrogens (primary N) is 1. The first-order valence-corrected chi connectivity index (χ1v) is 9.32. The van der Waals surface area contributed by atoms with Crippen LogP contribution in [0.5, 0.6) is 5.75 Å². The number of primary amides is 1. The third kappa shape index (κ3) is 3.52. The Balaban J connectivity index is 1.57. The Labute approximate surface area is 158 Å². The molecule has 142 valence electrons. The molecule has 0 saturated carbocycles. The highest BCUT2D eigenvalue weighted by molar-refractivity contribution is 5.93. The molecule has 1 amide bonds. The molecule has 0 spiro atoms. The van der Waals surface area contributed by atoms with Gasteiger partial charge in [0.25, 0.3) is 5.91 Å². The number of anilines is 3. The second-order valence-corrected chi connectivity index (χ2v) is 6.84. The minimum absolute atomic E-state index is 0.376. The number of ether oxygens (including phenoxy) is 1. The molecule has 4 rings (SSSR count). The Morgan fingerprint density at radius 3 is 3.19 bits per heavy atom. The van der Waals surface area contributed by atoms with E-state index in [0.717, 1.165) is 43.2 Å². The van der Waals surface area contributed by atoms with E-state index in [1.165, 1.54) is 6.20 Å². The van der Waals surface area contributed by atoms with Gasteiger partial charge in [-0.3, -0.25) is 4.79 Å². The molecule has 1 aromatic heterocycles. The quantitative estimate of drug-likeness (QED) is 0.733. The van der Waals surface area contributed by atoms with Crippen LogP contribution in [0.3, 0.4) is 0 Å². The number of piperazine rings is 1. The molecule has 0 unspecified atom stereocenters. The number of nitrogens with zero attached hydrogens (tertiary/aromatic N) is 3. The van der Waals surface area contributed by atoms with E-state index in [1.54, 1.807) is 0 Å². The first-order valence-electron chi connectivity index (χ1n) is 9.32. The van der Waals surface area contributed by atoms with Crippen molar-refractivity contribution in [1.82, 2.24) is 15.3 Å². The van der Waals surface area contributed by atoms with Crippen molar-refractivity contribution in [2.75, 3.05) is 36.5 Å². The van der Waals surface area contributed by atoms with Crippen LogP contribution in [0.2, 0.25) is 0 Å². The van der Waals surface area contributed by atoms with E-state index in [-0.39, 0.29) is 0 Å². The Bertz CT molecular complexity index is 856. The topological polar surface area (TPSA) is 105 Å². The van der Waals surface area contributed by atoms with Gasteiger partial charge in [0.1, 0.15) is 12.4 Å². The molecule has 4 N–H and O–H groups in total. The molecule has 0 aliphatic carbocycles. The molecule has 2 aliphatic heterocycles. The predicted molar refractivity (Wildman–Crippen MR) is 104 cm³/mol. The van der Waals surface area contributed by atoms with Crippen molar-refractivity contribution < 1.29 is 9.53 Å². The molecular weight excluding hydrogens is 344 g/mol. The molecule has 0 radical (unpaired) electrons. The summed E-state index contributed by atoms with van der Waals surface area (Å²) in [6.45, 7) is 5.61. The number of aromatic nitrogens is 2. The van der Waals surface area contributed by atoms with Crippen LogP contribution in [0, 0.1) is 0 Å². The highest BCUT2D eigenvalue weighted by Crippen LogP contribution is 2.36. The van der Waals surface area contributed by atoms with Crippen molar-refractivity contribution in [3.8, 4) is 5.75 Å². The summed E-state index contributed by atoms with van der Waals surface area (Å²) in [7, 11) is 0. The fourth-order valence-corrected chi connectivity index (χ4v) is 3.60. The first-order chi connectivity index (χ1) is 13.2. The maximum Gasteiger partial charge on any atom is 0.252 e. The first kappa shape index (κ1) is 17.5. The minimum atomic E-state index is -0.502. The number of fused-ring (bicyclic) bond motifs is 3. The third-order valence-electron chi connectivity index (χ3n) is 4.93. The van der Waals surface area contributed by atoms with Crippen molar-refractivity contribution in [2.45, 2.75) is 25.8 Å². The van der Waals surface area contributed by atoms with Crippen LogP contribution in [-0.2, 0) is 6.42 Å². The second-order valence-electron chi connectivity index (χ2n) is 6.84. The van der Waals surface area contributed by atoms with Gasteiger partial charge in [0.05, 0.1) is 23.0 Å². The van der Waals surface area contributed by atoms with Crippen LogP contribution in [0.15, 0.2) is 24.4 Å². The van der Waals surface area contributed by atoms with Gasteiger partial charge >= 0.3 is 0 Å². The molecule has 1 aromatic carbocycles. The summed E-state index contributed by atoms with van der Waals surface area (Å²) in [6.07, 6.45) is 3.03. The van der Waals surface area contributed by atoms with E-state index in [1.807, 2.05) is 19.1 Å². The summed E-state index contributed by atoms with van der Waals surface area (Å²) in [6, 6.07) is 6.42. The number of aryl methyl sites for hydroxylation is 1. The number of hydrogen-bond donors (Lipinski definition) is 3. The summed E-state index contributed by atoms with van der Waals surface area (Å²) >= 11 is 0. The number of rotatable bonds is 5. The zero-order chi connectivity index (χ0) is 18.8. The summed E-state index contributed by atoms with van der Waals surface area (Å²) in [4.78, 5) is 22.6. The number of nitrogens with one attached hydrogen (secondary N) is 2. The lowest BCUT2D eigenvalue weighted by molar-refractivity contribution is 0.0998. The largest absolute Gasteiger partial charge is 0.489 e. The highest BCUT2D eigenvalue weighted by atomic mass is 16.5. The molecule has 2 aromatic rings. The van der Waals surface area contributed by atoms with Gasteiger partial charge in [-0.1, -0.05) is 13.3 Å². The van der Waals surface area contributed by atoms with Crippen LogP contribution in [0.4, 0.5) is 17.3 Å². The van der Waals surface area contributed by atoms with E-state index in [4.69, 9.17) is 10.5 Å². The Morgan fingerprint density at radius 2 is 2.37 bits per heavy atom. The zero-order valence-corrected chi connectivity index (χ0v) is 15.4. The van der Waals surface area contributed by atoms with Gasteiger partial charge in [-0.15, -0.1) is 0 Å². The maximum atomic E-state index is 11.5. The van der Waals surface area contributed by atoms with Gasteiger partial charge in [-0.25, -0.2) is 9.97 Å². The molecular formula is C19H24N6O2. The lowest BCUT2D eigenvalue weighted by atomic mass is 10.1. The highest BCUT2D eigenvalue weighted by Gasteiger charge is 2.29. The molecule has 3 heterocycles. The van der Waals surface area contributed by atoms with E-state index in [2.05, 4.69) is 31.6 Å². The third-order valence-corrected chi connectivity index (χ3v) is 4.93. The lowest BCUT2D eigenvalue weighted by Gasteiger charge is -2.42. The van der Waals surface area contributed by atoms with E-state index < -0.39 is 5.91 Å². The number of hydrogen-bond acceptors (Lipinski definition) is 7. The fourth-order valence-electron chi connectivity index (χ4n) is 3.60. The Morgan fingerprint density at radius 1 is 1.48 bits per heavy atom. The minimum Gasteiger partial charge on any atom is -0.489 e. The Kier molecular flexibility index (Phi) is 4.81. The SMILES string of the molecule is CCCc1nc(Nc2ccc3c(c2)OC[C@H]2CNCCN32)ncc1C(N)=O. The van der Waals surface area contributed by atoms with Crippen LogP contribution >= 0.6 is 0 Å². The molecule has 1 fully saturated rings. The van der Waals surface area contributed by atoms with Crippen molar-refractivity contribution >= 4 is 23.2 Å². The summed E-state index contributed by atoms with van der Waals surface area (Å²) in [5.74, 6) is 0.803. The van der Waals surface area contributed by atoms with E-state index in [9.17, 15) is 4.79 Å². The number of carbonyl (C=O) groups is 1. The molecule has 0 bridgehead atoms. The van der Waals surface area contributed by atoms with Crippen molar-refractivity contribution in [1.29, 1.82) is 0 Å². The standard InChI is InChI=1S/C19H24N6O2/c1-2-3-15-14(18(20)26)10-22-19(24-15)23-12-4-5-16-17(8-12)27-11-13-9-21-6-7-25(13)16/h4-5,8,10,13,21H,2-3,6-7,9,11H2,1H3,(H2,20,26)(H,22,23,24)/t13-/m1/s1. The van der Waals surface area contributed by atoms with Crippen LogP contribution in [0.25, 0.3) is 0 Å². The molecule has 8 nitrogen and oxygen atoms in total. The van der Waals surface area contributed by atoms with Crippen LogP contribution in [-0.4, -0.2) is 48.2 Å². The van der Waals surface area contributed by atoms with Crippen LogP contribution < -0.4 is 26.0 Å². The fraction of sp³-hybridized carbons (Fsp3) is 0.421. The molecule has 1 atom stereocenters. The zero-order valence-electron chi connectivity index (χ0n) is 15.4. The smallest absolute Gasteiger partial charge is 0.252 e. The van der Waals surface area contributed by atoms with Crippen molar-refractivity contribution in [3.05, 3.63) is 35.7 Å². The number of amides is 1. The molecule has 2 aliphatic rings. The number of carbonyl (C=O) groups excluding carboxylic acids is 1. The summed E-state index contributed by atoms with van der Waals surface area (Å²) in [5, 5.41) is 6.61. The monoisotopic (exact) mass is 368 g/mol. The number of benzene rings is 1. The van der Waals surface area contributed by atoms with Gasteiger partial charge in [-0.2, -0.15) is 0 Å². The van der Waals surface area contributed by atoms with Gasteiger partial charge < -0.3 is 26.0 Å². The second kappa shape index (κ2) is 7.40. The van der Waals surface area contributed by atoms with Gasteiger partial charge in [0.2, 0.25) is 5.95 Å². The summed E-state index contributed by atoms with van der Waals surface area (Å²) < 4.78 is 5.96. The van der Waals surface area contributed by atoms with Crippen molar-refractivity contribution in [2.24, 2.45) is 5.73 Å². The molecule has 1 saturated heterocycles. The van der Waals surface area contributed by atoms with E-state index in [0.29, 0.717) is 36.3 Å². The average molecular weight is 368 g/mol. The average Bonchev–Trinajstić information content (AvgIpc) is 2.68. The summed E-state index contributed by atoms with van der Waals surface area (Å²) in [5.41, 5.74) is 8.42. The maximum absolute atomic E-state index is 11.5. The predicted octanol–water partition coefficient (Wildman–Crippen LogP) is 1.44. The molecule has 27 heavy (non-hydrogen) atoms. The lowest BCUT2D eigenvalue weighted by Crippen LogP contribution is -2.55. The van der Waals surface area contributed by atoms with Crippen LogP contribution in [0.1, 0.15) is 29.4 Å². The van der Waals surface area contributed by atoms with Gasteiger partial charge in [0, 0.05) is 37.6 Å². The van der Waals surface area contributed by atoms with E-state index >= 15 is 0 Å².